The standard InChI is InChI=1S/C40H45Cl2NO7SSi/c1-5-32(27-51(47,48)24-23-49-52(40(2,3)4,33-15-8-6-9-16-33)34-17-10-7-11-18-34)43-37(28-19-21-30(41)22-20-28)38(29-13-12-14-31(42)25-29)50-35(39(43)46)26-36(44)45/h6-22,25,32,35,37-38H,5,23-24,26-27H2,1-4H3,(H,44,45)/t32-,35+,37+,38+/m0/s1. The molecule has 1 fully saturated rings. The van der Waals surface area contributed by atoms with Gasteiger partial charge < -0.3 is 19.2 Å². The maximum atomic E-state index is 14.3. The Labute approximate surface area is 317 Å². The van der Waals surface area contributed by atoms with Crippen molar-refractivity contribution in [3.8, 4) is 0 Å². The van der Waals surface area contributed by atoms with E-state index in [1.54, 1.807) is 48.5 Å². The number of hydrogen-bond acceptors (Lipinski definition) is 6. The Morgan fingerprint density at radius 3 is 2.00 bits per heavy atom. The zero-order chi connectivity index (χ0) is 37.7. The van der Waals surface area contributed by atoms with Gasteiger partial charge in [-0.3, -0.25) is 9.59 Å². The van der Waals surface area contributed by atoms with Gasteiger partial charge in [-0.1, -0.05) is 136 Å². The van der Waals surface area contributed by atoms with Crippen LogP contribution >= 0.6 is 23.2 Å². The van der Waals surface area contributed by atoms with Crippen LogP contribution in [0.3, 0.4) is 0 Å². The van der Waals surface area contributed by atoms with Crippen LogP contribution in [0.2, 0.25) is 15.1 Å². The van der Waals surface area contributed by atoms with Crippen LogP contribution in [0, 0.1) is 0 Å². The molecule has 276 valence electrons. The number of rotatable bonds is 14. The van der Waals surface area contributed by atoms with E-state index in [0.29, 0.717) is 21.2 Å². The highest BCUT2D eigenvalue weighted by Crippen LogP contribution is 2.45. The second-order valence-electron chi connectivity index (χ2n) is 14.1. The molecular weight excluding hydrogens is 737 g/mol. The number of hydrogen-bond donors (Lipinski definition) is 1. The van der Waals surface area contributed by atoms with Crippen LogP contribution in [0.5, 0.6) is 0 Å². The van der Waals surface area contributed by atoms with Gasteiger partial charge in [-0.2, -0.15) is 0 Å². The first-order valence-corrected chi connectivity index (χ1v) is 21.8. The molecule has 1 saturated heterocycles. The summed E-state index contributed by atoms with van der Waals surface area (Å²) in [4.78, 5) is 27.8. The summed E-state index contributed by atoms with van der Waals surface area (Å²) in [6.45, 7) is 8.17. The summed E-state index contributed by atoms with van der Waals surface area (Å²) < 4.78 is 41.5. The van der Waals surface area contributed by atoms with Gasteiger partial charge >= 0.3 is 5.97 Å². The Bertz CT molecular complexity index is 1900. The third kappa shape index (κ3) is 8.81. The third-order valence-electron chi connectivity index (χ3n) is 9.62. The lowest BCUT2D eigenvalue weighted by molar-refractivity contribution is -0.182. The molecule has 1 amide bonds. The Hall–Kier alpha value is -3.51. The number of carbonyl (C=O) groups excluding carboxylic acids is 1. The summed E-state index contributed by atoms with van der Waals surface area (Å²) in [5.41, 5.74) is 1.28. The number of morpholine rings is 1. The van der Waals surface area contributed by atoms with Gasteiger partial charge in [0.05, 0.1) is 24.0 Å². The molecule has 0 aliphatic carbocycles. The van der Waals surface area contributed by atoms with E-state index in [9.17, 15) is 23.1 Å². The maximum Gasteiger partial charge on any atom is 0.306 e. The molecule has 5 rings (SSSR count). The predicted octanol–water partition coefficient (Wildman–Crippen LogP) is 7.25. The minimum absolute atomic E-state index is 0.0451. The molecule has 0 saturated carbocycles. The van der Waals surface area contributed by atoms with Gasteiger partial charge in [-0.15, -0.1) is 0 Å². The second-order valence-corrected chi connectivity index (χ2v) is 21.5. The zero-order valence-electron chi connectivity index (χ0n) is 29.7. The van der Waals surface area contributed by atoms with Gasteiger partial charge in [-0.25, -0.2) is 8.42 Å². The summed E-state index contributed by atoms with van der Waals surface area (Å²) in [6, 6.07) is 32.3. The molecule has 1 heterocycles. The fraction of sp³-hybridized carbons (Fsp3) is 0.350. The Balaban J connectivity index is 1.50. The molecule has 0 bridgehead atoms. The van der Waals surface area contributed by atoms with Gasteiger partial charge in [0.25, 0.3) is 14.2 Å². The minimum Gasteiger partial charge on any atom is -0.481 e. The van der Waals surface area contributed by atoms with E-state index in [0.717, 1.165) is 10.4 Å². The number of sulfone groups is 1. The first-order chi connectivity index (χ1) is 24.7. The number of halogens is 2. The highest BCUT2D eigenvalue weighted by Gasteiger charge is 2.51. The molecule has 4 atom stereocenters. The summed E-state index contributed by atoms with van der Waals surface area (Å²) >= 11 is 12.6. The van der Waals surface area contributed by atoms with Gasteiger partial charge in [0.15, 0.2) is 9.84 Å². The molecule has 0 radical (unpaired) electrons. The van der Waals surface area contributed by atoms with E-state index >= 15 is 0 Å². The maximum absolute atomic E-state index is 14.3. The lowest BCUT2D eigenvalue weighted by Gasteiger charge is -2.48. The molecule has 12 heteroatoms. The molecular formula is C40H45Cl2NO7SSi. The molecule has 4 aromatic carbocycles. The highest BCUT2D eigenvalue weighted by atomic mass is 35.5. The van der Waals surface area contributed by atoms with Crippen LogP contribution in [0.4, 0.5) is 0 Å². The molecule has 0 aromatic heterocycles. The van der Waals surface area contributed by atoms with Crippen molar-refractivity contribution < 1.29 is 32.3 Å². The highest BCUT2D eigenvalue weighted by molar-refractivity contribution is 7.91. The first-order valence-electron chi connectivity index (χ1n) is 17.3. The summed E-state index contributed by atoms with van der Waals surface area (Å²) in [7, 11) is -6.83. The van der Waals surface area contributed by atoms with Crippen molar-refractivity contribution in [1.29, 1.82) is 0 Å². The van der Waals surface area contributed by atoms with Crippen LogP contribution in [0.25, 0.3) is 0 Å². The minimum atomic E-state index is -3.84. The molecule has 52 heavy (non-hydrogen) atoms. The number of ether oxygens (including phenoxy) is 1. The Morgan fingerprint density at radius 1 is 0.885 bits per heavy atom. The van der Waals surface area contributed by atoms with E-state index in [1.165, 1.54) is 4.90 Å². The summed E-state index contributed by atoms with van der Waals surface area (Å²) in [5, 5.41) is 12.4. The topological polar surface area (TPSA) is 110 Å². The average molecular weight is 783 g/mol. The van der Waals surface area contributed by atoms with Gasteiger partial charge in [0, 0.05) is 22.7 Å². The Morgan fingerprint density at radius 2 is 1.48 bits per heavy atom. The smallest absolute Gasteiger partial charge is 0.306 e. The van der Waals surface area contributed by atoms with E-state index < -0.39 is 60.7 Å². The number of aliphatic carboxylic acids is 1. The zero-order valence-corrected chi connectivity index (χ0v) is 33.1. The van der Waals surface area contributed by atoms with E-state index in [4.69, 9.17) is 32.4 Å². The molecule has 4 aromatic rings. The molecule has 8 nitrogen and oxygen atoms in total. The molecule has 1 aliphatic rings. The van der Waals surface area contributed by atoms with Crippen LogP contribution in [-0.2, 0) is 28.6 Å². The third-order valence-corrected chi connectivity index (χ3v) is 16.8. The lowest BCUT2D eigenvalue weighted by atomic mass is 9.89. The van der Waals surface area contributed by atoms with Crippen molar-refractivity contribution in [1.82, 2.24) is 4.90 Å². The van der Waals surface area contributed by atoms with E-state index in [1.807, 2.05) is 43.3 Å². The molecule has 0 unspecified atom stereocenters. The number of benzene rings is 4. The summed E-state index contributed by atoms with van der Waals surface area (Å²) in [6.07, 6.45) is -2.50. The fourth-order valence-electron chi connectivity index (χ4n) is 7.25. The quantitative estimate of drug-likeness (QED) is 0.134. The Kier molecular flexibility index (Phi) is 12.7. The van der Waals surface area contributed by atoms with Crippen molar-refractivity contribution >= 4 is 63.6 Å². The van der Waals surface area contributed by atoms with Crippen molar-refractivity contribution in [2.75, 3.05) is 18.1 Å². The van der Waals surface area contributed by atoms with E-state index in [2.05, 4.69) is 45.0 Å². The summed E-state index contributed by atoms with van der Waals surface area (Å²) in [5.74, 6) is -2.43. The van der Waals surface area contributed by atoms with Crippen molar-refractivity contribution in [3.63, 3.8) is 0 Å². The number of carboxylic acid groups (broad SMARTS) is 1. The van der Waals surface area contributed by atoms with Crippen LogP contribution in [0.1, 0.15) is 63.8 Å². The second kappa shape index (κ2) is 16.7. The van der Waals surface area contributed by atoms with Crippen LogP contribution in [0.15, 0.2) is 109 Å². The van der Waals surface area contributed by atoms with Gasteiger partial charge in [-0.05, 0) is 57.2 Å². The molecule has 1 N–H and O–H groups in total. The average Bonchev–Trinajstić information content (AvgIpc) is 3.10. The number of nitrogens with zero attached hydrogens (tertiary/aromatic N) is 1. The lowest BCUT2D eigenvalue weighted by Crippen LogP contribution is -2.66. The first kappa shape index (κ1) is 39.7. The SMILES string of the molecule is CC[C@@H](CS(=O)(=O)CCO[Si](c1ccccc1)(c1ccccc1)C(C)(C)C)N1C(=O)[C@@H](CC(=O)O)O[C@H](c2cccc(Cl)c2)[C@H]1c1ccc(Cl)cc1. The van der Waals surface area contributed by atoms with E-state index in [-0.39, 0.29) is 29.6 Å². The van der Waals surface area contributed by atoms with Crippen LogP contribution < -0.4 is 10.4 Å². The largest absolute Gasteiger partial charge is 0.481 e. The van der Waals surface area contributed by atoms with Crippen molar-refractivity contribution in [2.24, 2.45) is 0 Å². The molecule has 0 spiro atoms. The number of carbonyl (C=O) groups is 2. The van der Waals surface area contributed by atoms with Crippen LogP contribution in [-0.4, -0.2) is 68.9 Å². The van der Waals surface area contributed by atoms with Gasteiger partial charge in [0.1, 0.15) is 12.2 Å². The van der Waals surface area contributed by atoms with Crippen molar-refractivity contribution in [2.45, 2.75) is 69.9 Å². The normalized spacial score (nSPS) is 19.0. The number of amides is 1. The fourth-order valence-corrected chi connectivity index (χ4v) is 13.8. The van der Waals surface area contributed by atoms with Crippen molar-refractivity contribution in [3.05, 3.63) is 130 Å². The predicted molar refractivity (Wildman–Crippen MR) is 209 cm³/mol. The molecule has 1 aliphatic heterocycles. The van der Waals surface area contributed by atoms with Gasteiger partial charge in [0.2, 0.25) is 0 Å². The number of carboxylic acids is 1. The monoisotopic (exact) mass is 781 g/mol.